The summed E-state index contributed by atoms with van der Waals surface area (Å²) in [7, 11) is 0. The number of hydrogen-bond acceptors (Lipinski definition) is 4. The first kappa shape index (κ1) is 18.2. The number of anilines is 1. The van der Waals surface area contributed by atoms with Gasteiger partial charge in [0.05, 0.1) is 6.26 Å². The van der Waals surface area contributed by atoms with Gasteiger partial charge in [0.2, 0.25) is 0 Å². The van der Waals surface area contributed by atoms with E-state index >= 15 is 0 Å². The second-order valence-electron chi connectivity index (χ2n) is 6.55. The molecule has 4 rings (SSSR count). The van der Waals surface area contributed by atoms with E-state index in [1.165, 1.54) is 0 Å². The molecule has 1 aromatic heterocycles. The largest absolute Gasteiger partial charge is 0.477 e. The van der Waals surface area contributed by atoms with E-state index in [2.05, 4.69) is 0 Å². The molecule has 0 fully saturated rings. The monoisotopic (exact) mass is 395 g/mol. The smallest absolute Gasteiger partial charge is 0.366 e. The predicted molar refractivity (Wildman–Crippen MR) is 107 cm³/mol. The van der Waals surface area contributed by atoms with Crippen LogP contribution in [-0.4, -0.2) is 17.3 Å². The molecule has 2 atom stereocenters. The van der Waals surface area contributed by atoms with Crippen LogP contribution in [0.4, 0.5) is 5.69 Å². The fourth-order valence-electron chi connectivity index (χ4n) is 3.23. The summed E-state index contributed by atoms with van der Waals surface area (Å²) in [5.41, 5.74) is 2.56. The molecule has 142 valence electrons. The Bertz CT molecular complexity index is 994. The minimum atomic E-state index is -1.21. The molecule has 0 aliphatic carbocycles. The summed E-state index contributed by atoms with van der Waals surface area (Å²) in [5.74, 6) is 0.00658. The van der Waals surface area contributed by atoms with E-state index in [0.717, 1.165) is 16.8 Å². The minimum Gasteiger partial charge on any atom is -0.477 e. The van der Waals surface area contributed by atoms with Crippen LogP contribution in [-0.2, 0) is 9.53 Å². The lowest BCUT2D eigenvalue weighted by Gasteiger charge is -2.39. The van der Waals surface area contributed by atoms with Gasteiger partial charge in [0.1, 0.15) is 17.6 Å². The molecule has 28 heavy (non-hydrogen) atoms. The molecule has 0 spiro atoms. The first-order valence-electron chi connectivity index (χ1n) is 8.78. The van der Waals surface area contributed by atoms with Gasteiger partial charge < -0.3 is 19.2 Å². The van der Waals surface area contributed by atoms with E-state index in [0.29, 0.717) is 16.5 Å². The zero-order chi connectivity index (χ0) is 19.7. The summed E-state index contributed by atoms with van der Waals surface area (Å²) in [6.45, 7) is 1.98. The van der Waals surface area contributed by atoms with Gasteiger partial charge in [0, 0.05) is 16.3 Å². The molecule has 5 nitrogen and oxygen atoms in total. The van der Waals surface area contributed by atoms with Gasteiger partial charge >= 0.3 is 5.97 Å². The Balaban J connectivity index is 1.84. The highest BCUT2D eigenvalue weighted by Crippen LogP contribution is 2.39. The number of carboxylic acids is 1. The first-order valence-corrected chi connectivity index (χ1v) is 9.16. The number of carboxylic acid groups (broad SMARTS) is 1. The molecule has 2 heterocycles. The van der Waals surface area contributed by atoms with Crippen LogP contribution in [0, 0.1) is 6.92 Å². The molecule has 1 N–H and O–H groups in total. The van der Waals surface area contributed by atoms with E-state index < -0.39 is 18.2 Å². The number of halogens is 1. The number of aryl methyl sites for hydroxylation is 1. The number of benzene rings is 2. The summed E-state index contributed by atoms with van der Waals surface area (Å²) < 4.78 is 11.5. The van der Waals surface area contributed by atoms with Crippen molar-refractivity contribution in [2.75, 3.05) is 4.90 Å². The van der Waals surface area contributed by atoms with Crippen LogP contribution < -0.4 is 4.90 Å². The van der Waals surface area contributed by atoms with Crippen molar-refractivity contribution in [1.29, 1.82) is 0 Å². The molecule has 2 unspecified atom stereocenters. The van der Waals surface area contributed by atoms with E-state index in [1.54, 1.807) is 41.5 Å². The Morgan fingerprint density at radius 1 is 1.07 bits per heavy atom. The minimum absolute atomic E-state index is 0.446. The molecule has 0 saturated carbocycles. The molecule has 0 bridgehead atoms. The molecule has 0 radical (unpaired) electrons. The lowest BCUT2D eigenvalue weighted by atomic mass is 10.0. The Hall–Kier alpha value is -3.18. The number of nitrogens with zero attached hydrogens (tertiary/aromatic N) is 1. The van der Waals surface area contributed by atoms with Crippen LogP contribution >= 0.6 is 11.6 Å². The van der Waals surface area contributed by atoms with Crippen LogP contribution in [0.3, 0.4) is 0 Å². The number of rotatable bonds is 4. The Morgan fingerprint density at radius 2 is 1.79 bits per heavy atom. The van der Waals surface area contributed by atoms with Crippen LogP contribution in [0.15, 0.2) is 77.4 Å². The third-order valence-corrected chi connectivity index (χ3v) is 4.86. The number of aliphatic carboxylic acids is 1. The van der Waals surface area contributed by atoms with Gasteiger partial charge in [-0.2, -0.15) is 0 Å². The van der Waals surface area contributed by atoms with Crippen molar-refractivity contribution < 1.29 is 19.1 Å². The average Bonchev–Trinajstić information content (AvgIpc) is 3.23. The van der Waals surface area contributed by atoms with Crippen molar-refractivity contribution in [2.24, 2.45) is 0 Å². The number of ether oxygens (including phenoxy) is 1. The number of furan rings is 1. The van der Waals surface area contributed by atoms with E-state index in [4.69, 9.17) is 20.8 Å². The van der Waals surface area contributed by atoms with Gasteiger partial charge in [-0.25, -0.2) is 4.79 Å². The van der Waals surface area contributed by atoms with Gasteiger partial charge in [-0.15, -0.1) is 0 Å². The maximum Gasteiger partial charge on any atom is 0.366 e. The average molecular weight is 396 g/mol. The summed E-state index contributed by atoms with van der Waals surface area (Å²) in [6.07, 6.45) is 2.22. The summed E-state index contributed by atoms with van der Waals surface area (Å²) in [5, 5.41) is 10.5. The topological polar surface area (TPSA) is 62.9 Å². The molecule has 0 amide bonds. The van der Waals surface area contributed by atoms with Crippen LogP contribution in [0.5, 0.6) is 0 Å². The molecular weight excluding hydrogens is 378 g/mol. The molecule has 1 aliphatic rings. The molecule has 1 aliphatic heterocycles. The lowest BCUT2D eigenvalue weighted by molar-refractivity contribution is -0.146. The maximum atomic E-state index is 12.1. The van der Waals surface area contributed by atoms with Crippen LogP contribution in [0.1, 0.15) is 22.9 Å². The Kier molecular flexibility index (Phi) is 4.84. The second kappa shape index (κ2) is 7.44. The van der Waals surface area contributed by atoms with Crippen molar-refractivity contribution in [2.45, 2.75) is 19.2 Å². The van der Waals surface area contributed by atoms with Gasteiger partial charge in [-0.3, -0.25) is 0 Å². The van der Waals surface area contributed by atoms with Crippen molar-refractivity contribution in [3.8, 4) is 0 Å². The van der Waals surface area contributed by atoms with Crippen molar-refractivity contribution in [3.63, 3.8) is 0 Å². The molecule has 0 saturated heterocycles. The standard InChI is InChI=1S/C22H18ClNO4/c1-14-4-10-17(11-5-14)24-18(19-3-2-12-27-19)13-20(28-21(24)22(25)26)15-6-8-16(23)9-7-15/h2-13,18,21H,1H3,(H,25,26). The highest BCUT2D eigenvalue weighted by molar-refractivity contribution is 6.30. The Labute approximate surface area is 167 Å². The third kappa shape index (κ3) is 3.49. The van der Waals surface area contributed by atoms with Crippen molar-refractivity contribution in [3.05, 3.63) is 94.9 Å². The predicted octanol–water partition coefficient (Wildman–Crippen LogP) is 5.27. The molecule has 6 heteroatoms. The normalized spacial score (nSPS) is 19.1. The van der Waals surface area contributed by atoms with Crippen molar-refractivity contribution >= 4 is 29.0 Å². The van der Waals surface area contributed by atoms with E-state index in [1.807, 2.05) is 43.3 Å². The first-order chi connectivity index (χ1) is 13.5. The molecule has 3 aromatic rings. The molecule has 2 aromatic carbocycles. The van der Waals surface area contributed by atoms with Crippen LogP contribution in [0.25, 0.3) is 5.76 Å². The lowest BCUT2D eigenvalue weighted by Crippen LogP contribution is -2.47. The quantitative estimate of drug-likeness (QED) is 0.651. The van der Waals surface area contributed by atoms with Gasteiger partial charge in [-0.1, -0.05) is 29.3 Å². The maximum absolute atomic E-state index is 12.1. The van der Waals surface area contributed by atoms with Crippen LogP contribution in [0.2, 0.25) is 5.02 Å². The second-order valence-corrected chi connectivity index (χ2v) is 6.99. The Morgan fingerprint density at radius 3 is 2.39 bits per heavy atom. The fourth-order valence-corrected chi connectivity index (χ4v) is 3.35. The van der Waals surface area contributed by atoms with Gasteiger partial charge in [-0.05, 0) is 61.5 Å². The van der Waals surface area contributed by atoms with Crippen molar-refractivity contribution in [1.82, 2.24) is 0 Å². The third-order valence-electron chi connectivity index (χ3n) is 4.61. The molecular formula is C22H18ClNO4. The van der Waals surface area contributed by atoms with E-state index in [9.17, 15) is 9.90 Å². The van der Waals surface area contributed by atoms with Gasteiger partial charge in [0.15, 0.2) is 0 Å². The fraction of sp³-hybridized carbons (Fsp3) is 0.136. The highest BCUT2D eigenvalue weighted by atomic mass is 35.5. The highest BCUT2D eigenvalue weighted by Gasteiger charge is 2.39. The SMILES string of the molecule is Cc1ccc(N2C(C(=O)O)OC(c3ccc(Cl)cc3)=CC2c2ccco2)cc1. The zero-order valence-corrected chi connectivity index (χ0v) is 15.8. The summed E-state index contributed by atoms with van der Waals surface area (Å²) in [6, 6.07) is 17.9. The summed E-state index contributed by atoms with van der Waals surface area (Å²) in [4.78, 5) is 13.8. The number of hydrogen-bond donors (Lipinski definition) is 1. The van der Waals surface area contributed by atoms with Gasteiger partial charge in [0.25, 0.3) is 6.23 Å². The van der Waals surface area contributed by atoms with E-state index in [-0.39, 0.29) is 0 Å². The zero-order valence-electron chi connectivity index (χ0n) is 15.1. The summed E-state index contributed by atoms with van der Waals surface area (Å²) >= 11 is 5.98. The number of carbonyl (C=O) groups is 1.